The Morgan fingerprint density at radius 1 is 1.44 bits per heavy atom. The lowest BCUT2D eigenvalue weighted by molar-refractivity contribution is -0.121. The molecule has 2 N–H and O–H groups in total. The molecule has 1 amide bonds. The van der Waals surface area contributed by atoms with E-state index in [0.717, 1.165) is 5.56 Å². The molecule has 1 atom stereocenters. The molecule has 0 saturated carbocycles. The normalized spacial score (nSPS) is 12.1. The molecule has 1 aromatic rings. The molecule has 0 fully saturated rings. The maximum absolute atomic E-state index is 11.7. The number of carbonyl (C=O) groups excluding carboxylic acids is 1. The number of hydrogen-bond donors (Lipinski definition) is 2. The highest BCUT2D eigenvalue weighted by Crippen LogP contribution is 2.11. The molecule has 0 heterocycles. The summed E-state index contributed by atoms with van der Waals surface area (Å²) in [5.74, 6) is 0.0493. The van der Waals surface area contributed by atoms with E-state index in [2.05, 4.69) is 5.32 Å². The van der Waals surface area contributed by atoms with Crippen molar-refractivity contribution in [3.63, 3.8) is 0 Å². The molecule has 0 saturated heterocycles. The van der Waals surface area contributed by atoms with Crippen molar-refractivity contribution in [3.05, 3.63) is 29.8 Å². The summed E-state index contributed by atoms with van der Waals surface area (Å²) >= 11 is 0. The lowest BCUT2D eigenvalue weighted by atomic mass is 10.1. The Balaban J connectivity index is 2.37. The predicted octanol–water partition coefficient (Wildman–Crippen LogP) is 0.712. The first-order chi connectivity index (χ1) is 8.65. The van der Waals surface area contributed by atoms with Crippen LogP contribution in [0.15, 0.2) is 24.3 Å². The van der Waals surface area contributed by atoms with E-state index in [9.17, 15) is 9.90 Å². The third kappa shape index (κ3) is 5.16. The molecule has 0 aliphatic rings. The Hall–Kier alpha value is -1.59. The Kier molecular flexibility index (Phi) is 6.18. The summed E-state index contributed by atoms with van der Waals surface area (Å²) in [6, 6.07) is 6.65. The van der Waals surface area contributed by atoms with Crippen LogP contribution in [0.25, 0.3) is 0 Å². The van der Waals surface area contributed by atoms with Gasteiger partial charge >= 0.3 is 0 Å². The van der Waals surface area contributed by atoms with Crippen LogP contribution in [0.3, 0.4) is 0 Å². The zero-order valence-corrected chi connectivity index (χ0v) is 10.7. The first kappa shape index (κ1) is 14.5. The highest BCUT2D eigenvalue weighted by molar-refractivity contribution is 5.78. The average Bonchev–Trinajstić information content (AvgIpc) is 2.34. The molecule has 18 heavy (non-hydrogen) atoms. The van der Waals surface area contributed by atoms with E-state index < -0.39 is 0 Å². The van der Waals surface area contributed by atoms with Crippen LogP contribution >= 0.6 is 0 Å². The predicted molar refractivity (Wildman–Crippen MR) is 67.5 cm³/mol. The minimum atomic E-state index is -0.150. The van der Waals surface area contributed by atoms with Gasteiger partial charge in [0.25, 0.3) is 0 Å². The molecule has 0 spiro atoms. The van der Waals surface area contributed by atoms with Gasteiger partial charge in [-0.15, -0.1) is 0 Å². The maximum Gasteiger partial charge on any atom is 0.224 e. The van der Waals surface area contributed by atoms with E-state index in [0.29, 0.717) is 13.2 Å². The monoisotopic (exact) mass is 253 g/mol. The fraction of sp³-hybridized carbons (Fsp3) is 0.462. The summed E-state index contributed by atoms with van der Waals surface area (Å²) in [5.41, 5.74) is 0.771. The topological polar surface area (TPSA) is 67.8 Å². The quantitative estimate of drug-likeness (QED) is 0.751. The van der Waals surface area contributed by atoms with Gasteiger partial charge < -0.3 is 19.9 Å². The fourth-order valence-corrected chi connectivity index (χ4v) is 1.54. The van der Waals surface area contributed by atoms with Gasteiger partial charge in [0.05, 0.1) is 19.1 Å². The molecular weight excluding hydrogens is 234 g/mol. The summed E-state index contributed by atoms with van der Waals surface area (Å²) in [6.45, 7) is 0.838. The van der Waals surface area contributed by atoms with Crippen LogP contribution < -0.4 is 5.32 Å². The molecule has 0 aliphatic heterocycles. The Morgan fingerprint density at radius 2 is 2.22 bits per heavy atom. The van der Waals surface area contributed by atoms with Crippen molar-refractivity contribution >= 4 is 5.91 Å². The van der Waals surface area contributed by atoms with Crippen molar-refractivity contribution < 1.29 is 19.4 Å². The molecule has 1 rings (SSSR count). The lowest BCUT2D eigenvalue weighted by Crippen LogP contribution is -2.36. The van der Waals surface area contributed by atoms with Crippen LogP contribution in [0, 0.1) is 0 Å². The number of phenolic OH excluding ortho intramolecular Hbond substituents is 1. The molecule has 1 aromatic carbocycles. The third-order valence-corrected chi connectivity index (χ3v) is 2.49. The van der Waals surface area contributed by atoms with Gasteiger partial charge in [-0.25, -0.2) is 0 Å². The number of carbonyl (C=O) groups is 1. The number of methoxy groups -OCH3 is 2. The maximum atomic E-state index is 11.7. The van der Waals surface area contributed by atoms with E-state index in [1.54, 1.807) is 38.5 Å². The Labute approximate surface area is 107 Å². The summed E-state index contributed by atoms with van der Waals surface area (Å²) in [7, 11) is 3.16. The van der Waals surface area contributed by atoms with Crippen molar-refractivity contribution in [1.82, 2.24) is 5.32 Å². The molecule has 0 radical (unpaired) electrons. The molecule has 1 unspecified atom stereocenters. The smallest absolute Gasteiger partial charge is 0.224 e. The van der Waals surface area contributed by atoms with Gasteiger partial charge in [-0.05, 0) is 17.7 Å². The van der Waals surface area contributed by atoms with Gasteiger partial charge in [0.2, 0.25) is 5.91 Å². The van der Waals surface area contributed by atoms with Crippen LogP contribution in [0.5, 0.6) is 5.75 Å². The van der Waals surface area contributed by atoms with Gasteiger partial charge in [-0.2, -0.15) is 0 Å². The highest BCUT2D eigenvalue weighted by Gasteiger charge is 2.09. The highest BCUT2D eigenvalue weighted by atomic mass is 16.5. The second kappa shape index (κ2) is 7.68. The van der Waals surface area contributed by atoms with Crippen LogP contribution in [-0.4, -0.2) is 44.5 Å². The first-order valence-electron chi connectivity index (χ1n) is 5.72. The number of nitrogens with one attached hydrogen (secondary N) is 1. The summed E-state index contributed by atoms with van der Waals surface area (Å²) in [5, 5.41) is 12.0. The van der Waals surface area contributed by atoms with Crippen molar-refractivity contribution in [2.24, 2.45) is 0 Å². The van der Waals surface area contributed by atoms with E-state index >= 15 is 0 Å². The lowest BCUT2D eigenvalue weighted by Gasteiger charge is -2.15. The van der Waals surface area contributed by atoms with Crippen LogP contribution in [0.1, 0.15) is 5.56 Å². The van der Waals surface area contributed by atoms with Gasteiger partial charge in [-0.1, -0.05) is 12.1 Å². The minimum absolute atomic E-state index is 0.112. The molecule has 100 valence electrons. The van der Waals surface area contributed by atoms with Gasteiger partial charge in [0.1, 0.15) is 5.75 Å². The standard InChI is InChI=1S/C13H19NO4/c1-17-9-12(18-2)8-14-13(16)7-10-4-3-5-11(15)6-10/h3-6,12,15H,7-9H2,1-2H3,(H,14,16). The Bertz CT molecular complexity index is 381. The van der Waals surface area contributed by atoms with Crippen LogP contribution in [0.2, 0.25) is 0 Å². The molecular formula is C13H19NO4. The molecule has 0 aliphatic carbocycles. The zero-order valence-electron chi connectivity index (χ0n) is 10.7. The average molecular weight is 253 g/mol. The molecule has 0 aromatic heterocycles. The van der Waals surface area contributed by atoms with E-state index in [1.807, 2.05) is 0 Å². The van der Waals surface area contributed by atoms with Crippen LogP contribution in [0.4, 0.5) is 0 Å². The summed E-state index contributed by atoms with van der Waals surface area (Å²) < 4.78 is 10.1. The van der Waals surface area contributed by atoms with E-state index in [-0.39, 0.29) is 24.2 Å². The largest absolute Gasteiger partial charge is 0.508 e. The second-order valence-electron chi connectivity index (χ2n) is 3.96. The van der Waals surface area contributed by atoms with Crippen molar-refractivity contribution in [2.45, 2.75) is 12.5 Å². The number of phenols is 1. The number of aromatic hydroxyl groups is 1. The number of amides is 1. The molecule has 0 bridgehead atoms. The minimum Gasteiger partial charge on any atom is -0.508 e. The van der Waals surface area contributed by atoms with Crippen molar-refractivity contribution in [3.8, 4) is 5.75 Å². The third-order valence-electron chi connectivity index (χ3n) is 2.49. The molecule has 5 heteroatoms. The number of rotatable bonds is 7. The second-order valence-corrected chi connectivity index (χ2v) is 3.96. The summed E-state index contributed by atoms with van der Waals surface area (Å²) in [4.78, 5) is 11.7. The Morgan fingerprint density at radius 3 is 2.83 bits per heavy atom. The fourth-order valence-electron chi connectivity index (χ4n) is 1.54. The summed E-state index contributed by atoms with van der Waals surface area (Å²) in [6.07, 6.45) is 0.0841. The molecule has 5 nitrogen and oxygen atoms in total. The SMILES string of the molecule is COCC(CNC(=O)Cc1cccc(O)c1)OC. The van der Waals surface area contributed by atoms with Gasteiger partial charge in [-0.3, -0.25) is 4.79 Å². The number of ether oxygens (including phenoxy) is 2. The zero-order chi connectivity index (χ0) is 13.4. The first-order valence-corrected chi connectivity index (χ1v) is 5.72. The van der Waals surface area contributed by atoms with E-state index in [4.69, 9.17) is 9.47 Å². The van der Waals surface area contributed by atoms with Crippen molar-refractivity contribution in [2.75, 3.05) is 27.4 Å². The van der Waals surface area contributed by atoms with Crippen LogP contribution in [-0.2, 0) is 20.7 Å². The van der Waals surface area contributed by atoms with Gasteiger partial charge in [0.15, 0.2) is 0 Å². The van der Waals surface area contributed by atoms with Crippen molar-refractivity contribution in [1.29, 1.82) is 0 Å². The number of hydrogen-bond acceptors (Lipinski definition) is 4. The van der Waals surface area contributed by atoms with E-state index in [1.165, 1.54) is 0 Å². The number of benzene rings is 1. The van der Waals surface area contributed by atoms with Gasteiger partial charge in [0, 0.05) is 20.8 Å².